The topological polar surface area (TPSA) is 99.6 Å². The Labute approximate surface area is 113 Å². The second-order valence-electron chi connectivity index (χ2n) is 4.21. The number of imide groups is 1. The molecule has 2 heterocycles. The maximum Gasteiger partial charge on any atom is 0.365 e. The predicted molar refractivity (Wildman–Crippen MR) is 66.7 cm³/mol. The average molecular weight is 283 g/mol. The van der Waals surface area contributed by atoms with Gasteiger partial charge in [-0.1, -0.05) is 0 Å². The third-order valence-electron chi connectivity index (χ3n) is 2.91. The van der Waals surface area contributed by atoms with Crippen molar-refractivity contribution in [1.29, 1.82) is 0 Å². The maximum atomic E-state index is 11.8. The van der Waals surface area contributed by atoms with Gasteiger partial charge in [-0.25, -0.2) is 9.78 Å². The molecule has 102 valence electrons. The fourth-order valence-corrected chi connectivity index (χ4v) is 2.47. The zero-order valence-corrected chi connectivity index (χ0v) is 11.1. The molecule has 2 N–H and O–H groups in total. The van der Waals surface area contributed by atoms with Crippen LogP contribution in [0.3, 0.4) is 0 Å². The van der Waals surface area contributed by atoms with Gasteiger partial charge in [0.2, 0.25) is 16.8 Å². The molecule has 0 aromatic carbocycles. The number of aromatic nitrogens is 1. The van der Waals surface area contributed by atoms with Crippen LogP contribution in [-0.4, -0.2) is 45.9 Å². The number of likely N-dealkylation sites (N-methyl/N-ethyl adjacent to an activating group) is 1. The molecule has 2 amide bonds. The minimum atomic E-state index is -1.06. The number of aromatic carboxylic acids is 1. The summed E-state index contributed by atoms with van der Waals surface area (Å²) in [5, 5.41) is 13.4. The van der Waals surface area contributed by atoms with E-state index in [0.717, 1.165) is 16.2 Å². The summed E-state index contributed by atoms with van der Waals surface area (Å²) >= 11 is 1.05. The summed E-state index contributed by atoms with van der Waals surface area (Å²) in [5.74, 6) is -1.50. The van der Waals surface area contributed by atoms with Crippen molar-refractivity contribution in [3.8, 4) is 0 Å². The number of nitrogens with one attached hydrogen (secondary N) is 1. The molecule has 7 nitrogen and oxygen atoms in total. The smallest absolute Gasteiger partial charge is 0.365 e. The van der Waals surface area contributed by atoms with E-state index >= 15 is 0 Å². The molecule has 1 aromatic rings. The molecular weight excluding hydrogens is 270 g/mol. The van der Waals surface area contributed by atoms with Gasteiger partial charge in [-0.2, -0.15) is 0 Å². The number of carbonyl (C=O) groups is 3. The number of carbonyl (C=O) groups excluding carboxylic acids is 2. The molecule has 19 heavy (non-hydrogen) atoms. The Hall–Kier alpha value is -1.80. The first kappa shape index (κ1) is 13.6. The van der Waals surface area contributed by atoms with E-state index in [2.05, 4.69) is 10.3 Å². The van der Waals surface area contributed by atoms with Gasteiger partial charge in [-0.3, -0.25) is 14.5 Å². The molecule has 1 saturated heterocycles. The van der Waals surface area contributed by atoms with Crippen LogP contribution >= 0.6 is 11.3 Å². The van der Waals surface area contributed by atoms with Crippen LogP contribution in [0.25, 0.3) is 0 Å². The zero-order chi connectivity index (χ0) is 14.0. The second kappa shape index (κ2) is 5.45. The van der Waals surface area contributed by atoms with Crippen LogP contribution < -0.4 is 5.32 Å². The highest BCUT2D eigenvalue weighted by Crippen LogP contribution is 2.13. The Morgan fingerprint density at radius 1 is 1.63 bits per heavy atom. The van der Waals surface area contributed by atoms with Crippen molar-refractivity contribution in [2.45, 2.75) is 25.4 Å². The third-order valence-corrected chi connectivity index (χ3v) is 3.79. The van der Waals surface area contributed by atoms with Crippen molar-refractivity contribution < 1.29 is 19.5 Å². The van der Waals surface area contributed by atoms with E-state index in [9.17, 15) is 14.4 Å². The second-order valence-corrected chi connectivity index (χ2v) is 5.07. The van der Waals surface area contributed by atoms with Gasteiger partial charge in [0.1, 0.15) is 0 Å². The molecule has 2 rings (SSSR count). The summed E-state index contributed by atoms with van der Waals surface area (Å²) in [4.78, 5) is 38.8. The normalized spacial score (nSPS) is 19.8. The van der Waals surface area contributed by atoms with E-state index in [1.54, 1.807) is 5.38 Å². The predicted octanol–water partition coefficient (Wildman–Crippen LogP) is 0.0783. The minimum absolute atomic E-state index is 0.0269. The molecule has 0 spiro atoms. The number of nitrogens with zero attached hydrogens (tertiary/aromatic N) is 2. The first-order valence-corrected chi connectivity index (χ1v) is 6.58. The maximum absolute atomic E-state index is 11.8. The standard InChI is InChI=1S/C11H13N3O4S/c1-14-8(15)3-2-7(10(14)16)12-4-6-5-19-9(13-6)11(17)18/h5,7,12H,2-4H2,1H3,(H,17,18). The van der Waals surface area contributed by atoms with Gasteiger partial charge in [0.25, 0.3) is 0 Å². The van der Waals surface area contributed by atoms with Gasteiger partial charge < -0.3 is 10.4 Å². The van der Waals surface area contributed by atoms with Crippen molar-refractivity contribution in [1.82, 2.24) is 15.2 Å². The summed E-state index contributed by atoms with van der Waals surface area (Å²) in [6.45, 7) is 0.308. The molecule has 8 heteroatoms. The Bertz CT molecular complexity index is 528. The largest absolute Gasteiger partial charge is 0.476 e. The highest BCUT2D eigenvalue weighted by atomic mass is 32.1. The number of rotatable bonds is 4. The first-order chi connectivity index (χ1) is 8.99. The summed E-state index contributed by atoms with van der Waals surface area (Å²) in [5.41, 5.74) is 0.578. The van der Waals surface area contributed by atoms with Crippen LogP contribution in [0.1, 0.15) is 28.3 Å². The number of piperidine rings is 1. The molecule has 0 bridgehead atoms. The van der Waals surface area contributed by atoms with Gasteiger partial charge in [0, 0.05) is 25.4 Å². The molecule has 1 unspecified atom stereocenters. The lowest BCUT2D eigenvalue weighted by Crippen LogP contribution is -2.51. The van der Waals surface area contributed by atoms with Crippen LogP contribution in [0, 0.1) is 0 Å². The van der Waals surface area contributed by atoms with Crippen LogP contribution in [0.15, 0.2) is 5.38 Å². The monoisotopic (exact) mass is 283 g/mol. The molecule has 1 aliphatic heterocycles. The van der Waals surface area contributed by atoms with Gasteiger partial charge in [0.05, 0.1) is 11.7 Å². The molecule has 1 aliphatic rings. The van der Waals surface area contributed by atoms with E-state index < -0.39 is 12.0 Å². The minimum Gasteiger partial charge on any atom is -0.476 e. The fraction of sp³-hybridized carbons (Fsp3) is 0.455. The fourth-order valence-electron chi connectivity index (χ4n) is 1.82. The average Bonchev–Trinajstić information content (AvgIpc) is 2.84. The van der Waals surface area contributed by atoms with E-state index in [1.807, 2.05) is 0 Å². The lowest BCUT2D eigenvalue weighted by Gasteiger charge is -2.28. The first-order valence-electron chi connectivity index (χ1n) is 5.70. The Morgan fingerprint density at radius 3 is 3.00 bits per heavy atom. The SMILES string of the molecule is CN1C(=O)CCC(NCc2csc(C(=O)O)n2)C1=O. The number of likely N-dealkylation sites (tertiary alicyclic amines) is 1. The molecule has 0 aliphatic carbocycles. The van der Waals surface area contributed by atoms with E-state index in [1.165, 1.54) is 7.05 Å². The van der Waals surface area contributed by atoms with Crippen LogP contribution in [-0.2, 0) is 16.1 Å². The van der Waals surface area contributed by atoms with Gasteiger partial charge >= 0.3 is 5.97 Å². The summed E-state index contributed by atoms with van der Waals surface area (Å²) in [6.07, 6.45) is 0.787. The quantitative estimate of drug-likeness (QED) is 0.759. The number of amides is 2. The lowest BCUT2D eigenvalue weighted by molar-refractivity contribution is -0.148. The zero-order valence-electron chi connectivity index (χ0n) is 10.3. The van der Waals surface area contributed by atoms with Crippen LogP contribution in [0.4, 0.5) is 0 Å². The molecule has 0 saturated carbocycles. The summed E-state index contributed by atoms with van der Waals surface area (Å²) in [6, 6.07) is -0.419. The van der Waals surface area contributed by atoms with E-state index in [0.29, 0.717) is 25.1 Å². The molecule has 1 atom stereocenters. The number of hydrogen-bond donors (Lipinski definition) is 2. The van der Waals surface area contributed by atoms with Gasteiger partial charge in [0.15, 0.2) is 0 Å². The van der Waals surface area contributed by atoms with Crippen molar-refractivity contribution >= 4 is 29.1 Å². The molecule has 1 aromatic heterocycles. The van der Waals surface area contributed by atoms with E-state index in [-0.39, 0.29) is 16.8 Å². The summed E-state index contributed by atoms with van der Waals surface area (Å²) in [7, 11) is 1.46. The number of hydrogen-bond acceptors (Lipinski definition) is 6. The van der Waals surface area contributed by atoms with Crippen molar-refractivity contribution in [3.63, 3.8) is 0 Å². The summed E-state index contributed by atoms with van der Waals surface area (Å²) < 4.78 is 0. The van der Waals surface area contributed by atoms with Crippen molar-refractivity contribution in [2.75, 3.05) is 7.05 Å². The van der Waals surface area contributed by atoms with Crippen LogP contribution in [0.2, 0.25) is 0 Å². The number of thiazole rings is 1. The Balaban J connectivity index is 1.93. The molecule has 0 radical (unpaired) electrons. The highest BCUT2D eigenvalue weighted by molar-refractivity contribution is 7.11. The molecule has 1 fully saturated rings. The Kier molecular flexibility index (Phi) is 3.91. The molecular formula is C11H13N3O4S. The highest BCUT2D eigenvalue weighted by Gasteiger charge is 2.31. The van der Waals surface area contributed by atoms with Crippen molar-refractivity contribution in [2.24, 2.45) is 0 Å². The third kappa shape index (κ3) is 2.96. The number of carboxylic acid groups (broad SMARTS) is 1. The van der Waals surface area contributed by atoms with Gasteiger partial charge in [-0.15, -0.1) is 11.3 Å². The van der Waals surface area contributed by atoms with E-state index in [4.69, 9.17) is 5.11 Å². The van der Waals surface area contributed by atoms with Gasteiger partial charge in [-0.05, 0) is 6.42 Å². The number of carboxylic acids is 1. The van der Waals surface area contributed by atoms with Crippen LogP contribution in [0.5, 0.6) is 0 Å². The van der Waals surface area contributed by atoms with Crippen molar-refractivity contribution in [3.05, 3.63) is 16.1 Å². The lowest BCUT2D eigenvalue weighted by atomic mass is 10.0. The Morgan fingerprint density at radius 2 is 2.37 bits per heavy atom.